The molecule has 1 aromatic heterocycles. The van der Waals surface area contributed by atoms with Gasteiger partial charge in [0.15, 0.2) is 0 Å². The molecule has 5 aromatic rings. The Morgan fingerprint density at radius 2 is 1.56 bits per heavy atom. The minimum Gasteiger partial charge on any atom is -0.340 e. The molecule has 0 bridgehead atoms. The summed E-state index contributed by atoms with van der Waals surface area (Å²) >= 11 is 0. The van der Waals surface area contributed by atoms with Crippen LogP contribution in [0.5, 0.6) is 0 Å². The molecular formula is C31H24N4O. The zero-order valence-electron chi connectivity index (χ0n) is 19.8. The van der Waals surface area contributed by atoms with Gasteiger partial charge in [-0.1, -0.05) is 72.8 Å². The fraction of sp³-hybridized carbons (Fsp3) is 0.0645. The number of benzene rings is 4. The fourth-order valence-corrected chi connectivity index (χ4v) is 4.64. The molecule has 0 spiro atoms. The van der Waals surface area contributed by atoms with Crippen LogP contribution >= 0.6 is 0 Å². The third kappa shape index (κ3) is 4.12. The van der Waals surface area contributed by atoms with Crippen LogP contribution in [0.2, 0.25) is 0 Å². The van der Waals surface area contributed by atoms with Gasteiger partial charge in [-0.2, -0.15) is 0 Å². The van der Waals surface area contributed by atoms with Gasteiger partial charge in [-0.05, 0) is 54.5 Å². The standard InChI is InChI=1S/C31H24N4O/c1-21-32-28-15-9-8-14-25(28)30(33-21)34-24-16-17-29-26(19-24)27(18-22-10-4-2-5-11-22)31(36)35(29)20-23-12-6-3-7-13-23/h2-19H,20H2,1H3,(H,32,33,34)/b27-18+. The summed E-state index contributed by atoms with van der Waals surface area (Å²) in [5, 5.41) is 4.42. The highest BCUT2D eigenvalue weighted by molar-refractivity contribution is 6.36. The van der Waals surface area contributed by atoms with Crippen molar-refractivity contribution in [3.8, 4) is 0 Å². The van der Waals surface area contributed by atoms with E-state index in [4.69, 9.17) is 0 Å². The van der Waals surface area contributed by atoms with Crippen LogP contribution in [-0.4, -0.2) is 15.9 Å². The Morgan fingerprint density at radius 3 is 2.36 bits per heavy atom. The lowest BCUT2D eigenvalue weighted by Crippen LogP contribution is -2.25. The summed E-state index contributed by atoms with van der Waals surface area (Å²) in [6.45, 7) is 2.41. The number of anilines is 3. The van der Waals surface area contributed by atoms with Crippen LogP contribution in [0.15, 0.2) is 103 Å². The predicted octanol–water partition coefficient (Wildman–Crippen LogP) is 6.77. The van der Waals surface area contributed by atoms with E-state index in [0.29, 0.717) is 17.9 Å². The molecule has 6 rings (SSSR count). The van der Waals surface area contributed by atoms with Crippen molar-refractivity contribution in [2.75, 3.05) is 10.2 Å². The van der Waals surface area contributed by atoms with Gasteiger partial charge >= 0.3 is 0 Å². The molecule has 1 amide bonds. The molecule has 0 unspecified atom stereocenters. The SMILES string of the molecule is Cc1nc(Nc2ccc3c(c2)/C(=C\c2ccccc2)C(=O)N3Cc2ccccc2)c2ccccc2n1. The molecule has 0 fully saturated rings. The summed E-state index contributed by atoms with van der Waals surface area (Å²) < 4.78 is 0. The molecule has 4 aromatic carbocycles. The van der Waals surface area contributed by atoms with E-state index in [0.717, 1.165) is 44.8 Å². The van der Waals surface area contributed by atoms with E-state index in [9.17, 15) is 4.79 Å². The Morgan fingerprint density at radius 1 is 0.833 bits per heavy atom. The third-order valence-electron chi connectivity index (χ3n) is 6.32. The number of hydrogen-bond donors (Lipinski definition) is 1. The molecule has 36 heavy (non-hydrogen) atoms. The Kier molecular flexibility index (Phi) is 5.51. The highest BCUT2D eigenvalue weighted by Crippen LogP contribution is 2.41. The van der Waals surface area contributed by atoms with Crippen LogP contribution in [0.1, 0.15) is 22.5 Å². The minimum atomic E-state index is -0.00168. The van der Waals surface area contributed by atoms with Crippen LogP contribution in [0.25, 0.3) is 22.6 Å². The lowest BCUT2D eigenvalue weighted by molar-refractivity contribution is -0.113. The molecule has 0 atom stereocenters. The molecule has 5 heteroatoms. The number of fused-ring (bicyclic) bond motifs is 2. The van der Waals surface area contributed by atoms with Gasteiger partial charge in [-0.3, -0.25) is 4.79 Å². The van der Waals surface area contributed by atoms with Gasteiger partial charge in [0.05, 0.1) is 17.7 Å². The lowest BCUT2D eigenvalue weighted by Gasteiger charge is -2.17. The maximum atomic E-state index is 13.7. The number of carbonyl (C=O) groups is 1. The first kappa shape index (κ1) is 21.7. The average Bonchev–Trinajstić information content (AvgIpc) is 3.15. The molecule has 0 aliphatic carbocycles. The molecule has 5 nitrogen and oxygen atoms in total. The van der Waals surface area contributed by atoms with Gasteiger partial charge in [-0.15, -0.1) is 0 Å². The van der Waals surface area contributed by atoms with E-state index in [1.807, 2.05) is 121 Å². The van der Waals surface area contributed by atoms with Crippen LogP contribution in [0.4, 0.5) is 17.2 Å². The molecule has 1 aliphatic heterocycles. The van der Waals surface area contributed by atoms with Crippen molar-refractivity contribution in [3.05, 3.63) is 126 Å². The van der Waals surface area contributed by atoms with Gasteiger partial charge < -0.3 is 10.2 Å². The summed E-state index contributed by atoms with van der Waals surface area (Å²) in [6.07, 6.45) is 1.97. The second-order valence-electron chi connectivity index (χ2n) is 8.84. The van der Waals surface area contributed by atoms with Crippen molar-refractivity contribution in [2.45, 2.75) is 13.5 Å². The van der Waals surface area contributed by atoms with Gasteiger partial charge in [0.25, 0.3) is 5.91 Å². The Bertz CT molecular complexity index is 1610. The van der Waals surface area contributed by atoms with Crippen molar-refractivity contribution >= 4 is 45.7 Å². The van der Waals surface area contributed by atoms with E-state index < -0.39 is 0 Å². The first-order valence-corrected chi connectivity index (χ1v) is 11.9. The fourth-order valence-electron chi connectivity index (χ4n) is 4.64. The predicted molar refractivity (Wildman–Crippen MR) is 146 cm³/mol. The first-order valence-electron chi connectivity index (χ1n) is 11.9. The van der Waals surface area contributed by atoms with Crippen LogP contribution in [-0.2, 0) is 11.3 Å². The lowest BCUT2D eigenvalue weighted by atomic mass is 10.0. The number of aryl methyl sites for hydroxylation is 1. The zero-order chi connectivity index (χ0) is 24.5. The Labute approximate surface area is 209 Å². The largest absolute Gasteiger partial charge is 0.340 e. The van der Waals surface area contributed by atoms with E-state index in [1.165, 1.54) is 0 Å². The highest BCUT2D eigenvalue weighted by atomic mass is 16.2. The monoisotopic (exact) mass is 468 g/mol. The number of para-hydroxylation sites is 1. The summed E-state index contributed by atoms with van der Waals surface area (Å²) in [7, 11) is 0. The number of carbonyl (C=O) groups excluding carboxylic acids is 1. The Balaban J connectivity index is 1.43. The van der Waals surface area contributed by atoms with E-state index in [-0.39, 0.29) is 5.91 Å². The second-order valence-corrected chi connectivity index (χ2v) is 8.84. The average molecular weight is 469 g/mol. The summed E-state index contributed by atoms with van der Waals surface area (Å²) in [5.41, 5.74) is 6.32. The second kappa shape index (κ2) is 9.12. The van der Waals surface area contributed by atoms with Crippen molar-refractivity contribution in [3.63, 3.8) is 0 Å². The highest BCUT2D eigenvalue weighted by Gasteiger charge is 2.32. The molecule has 0 saturated carbocycles. The van der Waals surface area contributed by atoms with Gasteiger partial charge in [0.1, 0.15) is 11.6 Å². The maximum absolute atomic E-state index is 13.7. The molecule has 1 N–H and O–H groups in total. The third-order valence-corrected chi connectivity index (χ3v) is 6.32. The number of rotatable bonds is 5. The van der Waals surface area contributed by atoms with Crippen LogP contribution < -0.4 is 10.2 Å². The topological polar surface area (TPSA) is 58.1 Å². The summed E-state index contributed by atoms with van der Waals surface area (Å²) in [5.74, 6) is 1.45. The maximum Gasteiger partial charge on any atom is 0.259 e. The van der Waals surface area contributed by atoms with Gasteiger partial charge in [0, 0.05) is 22.2 Å². The van der Waals surface area contributed by atoms with E-state index in [2.05, 4.69) is 15.3 Å². The number of nitrogens with zero attached hydrogens (tertiary/aromatic N) is 3. The smallest absolute Gasteiger partial charge is 0.259 e. The number of hydrogen-bond acceptors (Lipinski definition) is 4. The van der Waals surface area contributed by atoms with Crippen molar-refractivity contribution in [2.24, 2.45) is 0 Å². The minimum absolute atomic E-state index is 0.00168. The van der Waals surface area contributed by atoms with Crippen molar-refractivity contribution in [1.82, 2.24) is 9.97 Å². The quantitative estimate of drug-likeness (QED) is 0.289. The molecular weight excluding hydrogens is 444 g/mol. The molecule has 2 heterocycles. The molecule has 1 aliphatic rings. The number of aromatic nitrogens is 2. The molecule has 0 radical (unpaired) electrons. The Hall–Kier alpha value is -4.77. The van der Waals surface area contributed by atoms with Crippen LogP contribution in [0.3, 0.4) is 0 Å². The molecule has 174 valence electrons. The first-order chi connectivity index (χ1) is 17.7. The van der Waals surface area contributed by atoms with Crippen molar-refractivity contribution in [1.29, 1.82) is 0 Å². The summed E-state index contributed by atoms with van der Waals surface area (Å²) in [4.78, 5) is 24.7. The van der Waals surface area contributed by atoms with E-state index in [1.54, 1.807) is 0 Å². The normalized spacial score (nSPS) is 13.9. The summed E-state index contributed by atoms with van der Waals surface area (Å²) in [6, 6.07) is 34.0. The van der Waals surface area contributed by atoms with Crippen molar-refractivity contribution < 1.29 is 4.79 Å². The molecule has 0 saturated heterocycles. The number of amides is 1. The van der Waals surface area contributed by atoms with E-state index >= 15 is 0 Å². The van der Waals surface area contributed by atoms with Gasteiger partial charge in [0.2, 0.25) is 0 Å². The zero-order valence-corrected chi connectivity index (χ0v) is 19.8. The van der Waals surface area contributed by atoms with Gasteiger partial charge in [-0.25, -0.2) is 9.97 Å². The number of nitrogens with one attached hydrogen (secondary N) is 1. The van der Waals surface area contributed by atoms with Crippen LogP contribution in [0, 0.1) is 6.92 Å².